The maximum atomic E-state index is 12.1. The largest absolute Gasteiger partial charge is 0.298 e. The first-order chi connectivity index (χ1) is 10.2. The Bertz CT molecular complexity index is 804. The molecule has 0 fully saturated rings. The van der Waals surface area contributed by atoms with Crippen LogP contribution in [0.15, 0.2) is 35.7 Å². The van der Waals surface area contributed by atoms with Crippen LogP contribution in [0, 0.1) is 0 Å². The second-order valence-corrected chi connectivity index (χ2v) is 6.23. The van der Waals surface area contributed by atoms with Gasteiger partial charge in [0, 0.05) is 12.4 Å². The average molecular weight is 337 g/mol. The molecule has 3 rings (SSSR count). The molecule has 0 aliphatic heterocycles. The zero-order valence-electron chi connectivity index (χ0n) is 10.8. The lowest BCUT2D eigenvalue weighted by Crippen LogP contribution is -2.12. The third-order valence-corrected chi connectivity index (χ3v) is 4.48. The third kappa shape index (κ3) is 2.99. The topological polar surface area (TPSA) is 67.8 Å². The first kappa shape index (κ1) is 14.2. The molecule has 8 heteroatoms. The summed E-state index contributed by atoms with van der Waals surface area (Å²) in [6.45, 7) is 0. The van der Waals surface area contributed by atoms with E-state index in [9.17, 15) is 4.79 Å². The predicted octanol–water partition coefficient (Wildman–Crippen LogP) is 3.71. The monoisotopic (exact) mass is 336 g/mol. The summed E-state index contributed by atoms with van der Waals surface area (Å²) >= 11 is 8.86. The molecule has 21 heavy (non-hydrogen) atoms. The second-order valence-electron chi connectivity index (χ2n) is 4.02. The van der Waals surface area contributed by atoms with Crippen molar-refractivity contribution in [3.8, 4) is 0 Å². The minimum Gasteiger partial charge on any atom is -0.298 e. The Kier molecular flexibility index (Phi) is 4.05. The van der Waals surface area contributed by atoms with E-state index in [1.807, 2.05) is 18.4 Å². The van der Waals surface area contributed by atoms with Crippen molar-refractivity contribution in [3.05, 3.63) is 41.2 Å². The van der Waals surface area contributed by atoms with Crippen LogP contribution in [0.4, 0.5) is 5.13 Å². The molecule has 0 saturated carbocycles. The first-order valence-electron chi connectivity index (χ1n) is 5.90. The number of thioether (sulfide) groups is 1. The molecular formula is C13H9ClN4OS2. The number of aromatic nitrogens is 3. The molecule has 3 aromatic rings. The SMILES string of the molecule is CSc1ncc(C(=O)Nc2nc3c(Cl)cccc3s2)cn1. The van der Waals surface area contributed by atoms with E-state index < -0.39 is 0 Å². The van der Waals surface area contributed by atoms with Crippen LogP contribution in [0.25, 0.3) is 10.2 Å². The van der Waals surface area contributed by atoms with E-state index in [1.165, 1.54) is 35.5 Å². The normalized spacial score (nSPS) is 10.8. The summed E-state index contributed by atoms with van der Waals surface area (Å²) in [7, 11) is 0. The van der Waals surface area contributed by atoms with E-state index in [0.717, 1.165) is 4.70 Å². The molecule has 1 N–H and O–H groups in total. The molecule has 1 amide bonds. The van der Waals surface area contributed by atoms with Gasteiger partial charge in [0.2, 0.25) is 0 Å². The average Bonchev–Trinajstić information content (AvgIpc) is 2.91. The molecule has 0 spiro atoms. The van der Waals surface area contributed by atoms with Gasteiger partial charge in [-0.05, 0) is 18.4 Å². The van der Waals surface area contributed by atoms with Gasteiger partial charge >= 0.3 is 0 Å². The number of carbonyl (C=O) groups excluding carboxylic acids is 1. The van der Waals surface area contributed by atoms with E-state index in [1.54, 1.807) is 6.07 Å². The van der Waals surface area contributed by atoms with Gasteiger partial charge in [0.15, 0.2) is 10.3 Å². The van der Waals surface area contributed by atoms with Crippen molar-refractivity contribution in [2.45, 2.75) is 5.16 Å². The number of halogens is 1. The van der Waals surface area contributed by atoms with Crippen LogP contribution >= 0.6 is 34.7 Å². The zero-order chi connectivity index (χ0) is 14.8. The lowest BCUT2D eigenvalue weighted by Gasteiger charge is -2.01. The number of hydrogen-bond donors (Lipinski definition) is 1. The highest BCUT2D eigenvalue weighted by Crippen LogP contribution is 2.30. The maximum absolute atomic E-state index is 12.1. The van der Waals surface area contributed by atoms with Crippen molar-refractivity contribution >= 4 is 56.0 Å². The van der Waals surface area contributed by atoms with Crippen LogP contribution in [0.1, 0.15) is 10.4 Å². The Hall–Kier alpha value is -1.70. The summed E-state index contributed by atoms with van der Waals surface area (Å²) in [6.07, 6.45) is 4.86. The van der Waals surface area contributed by atoms with Crippen LogP contribution in [-0.2, 0) is 0 Å². The Morgan fingerprint density at radius 3 is 2.76 bits per heavy atom. The summed E-state index contributed by atoms with van der Waals surface area (Å²) in [6, 6.07) is 5.53. The Morgan fingerprint density at radius 2 is 2.10 bits per heavy atom. The predicted molar refractivity (Wildman–Crippen MR) is 86.4 cm³/mol. The number of benzene rings is 1. The van der Waals surface area contributed by atoms with Gasteiger partial charge < -0.3 is 0 Å². The van der Waals surface area contributed by atoms with Gasteiger partial charge in [0.05, 0.1) is 15.3 Å². The lowest BCUT2D eigenvalue weighted by molar-refractivity contribution is 0.102. The second kappa shape index (κ2) is 5.97. The summed E-state index contributed by atoms with van der Waals surface area (Å²) < 4.78 is 0.923. The molecule has 5 nitrogen and oxygen atoms in total. The van der Waals surface area contributed by atoms with Crippen molar-refractivity contribution in [3.63, 3.8) is 0 Å². The number of nitrogens with one attached hydrogen (secondary N) is 1. The molecule has 0 radical (unpaired) electrons. The molecule has 0 atom stereocenters. The maximum Gasteiger partial charge on any atom is 0.260 e. The molecule has 106 valence electrons. The number of para-hydroxylation sites is 1. The van der Waals surface area contributed by atoms with Crippen molar-refractivity contribution in [2.75, 3.05) is 11.6 Å². The number of nitrogens with zero attached hydrogens (tertiary/aromatic N) is 3. The number of rotatable bonds is 3. The highest BCUT2D eigenvalue weighted by Gasteiger charge is 2.12. The molecular weight excluding hydrogens is 328 g/mol. The zero-order valence-corrected chi connectivity index (χ0v) is 13.2. The van der Waals surface area contributed by atoms with E-state index in [4.69, 9.17) is 11.6 Å². The van der Waals surface area contributed by atoms with Gasteiger partial charge in [0.25, 0.3) is 5.91 Å². The van der Waals surface area contributed by atoms with Crippen LogP contribution < -0.4 is 5.32 Å². The quantitative estimate of drug-likeness (QED) is 0.583. The molecule has 0 aliphatic rings. The highest BCUT2D eigenvalue weighted by molar-refractivity contribution is 7.98. The van der Waals surface area contributed by atoms with Crippen LogP contribution in [-0.4, -0.2) is 27.1 Å². The minimum atomic E-state index is -0.294. The third-order valence-electron chi connectivity index (χ3n) is 2.66. The van der Waals surface area contributed by atoms with E-state index >= 15 is 0 Å². The number of thiazole rings is 1. The molecule has 2 heterocycles. The van der Waals surface area contributed by atoms with Crippen molar-refractivity contribution < 1.29 is 4.79 Å². The van der Waals surface area contributed by atoms with Gasteiger partial charge in [-0.3, -0.25) is 10.1 Å². The lowest BCUT2D eigenvalue weighted by atomic mass is 10.3. The van der Waals surface area contributed by atoms with E-state index in [2.05, 4.69) is 20.3 Å². The first-order valence-corrected chi connectivity index (χ1v) is 8.32. The van der Waals surface area contributed by atoms with Crippen molar-refractivity contribution in [1.29, 1.82) is 0 Å². The molecule has 0 saturated heterocycles. The number of carbonyl (C=O) groups is 1. The number of fused-ring (bicyclic) bond motifs is 1. The van der Waals surface area contributed by atoms with Gasteiger partial charge in [-0.15, -0.1) is 0 Å². The summed E-state index contributed by atoms with van der Waals surface area (Å²) in [5.74, 6) is -0.294. The highest BCUT2D eigenvalue weighted by atomic mass is 35.5. The Morgan fingerprint density at radius 1 is 1.33 bits per heavy atom. The molecule has 0 bridgehead atoms. The Labute approximate surface area is 133 Å². The Balaban J connectivity index is 1.83. The van der Waals surface area contributed by atoms with E-state index in [0.29, 0.717) is 26.4 Å². The summed E-state index contributed by atoms with van der Waals surface area (Å²) in [4.78, 5) is 24.6. The van der Waals surface area contributed by atoms with Crippen LogP contribution in [0.5, 0.6) is 0 Å². The number of anilines is 1. The van der Waals surface area contributed by atoms with E-state index in [-0.39, 0.29) is 5.91 Å². The smallest absolute Gasteiger partial charge is 0.260 e. The molecule has 0 unspecified atom stereocenters. The summed E-state index contributed by atoms with van der Waals surface area (Å²) in [5.41, 5.74) is 1.08. The molecule has 2 aromatic heterocycles. The molecule has 0 aliphatic carbocycles. The standard InChI is InChI=1S/C13H9ClN4OS2/c1-20-12-15-5-7(6-16-12)11(19)18-13-17-10-8(14)3-2-4-9(10)21-13/h2-6H,1H3,(H,17,18,19). The van der Waals surface area contributed by atoms with Gasteiger partial charge in [0.1, 0.15) is 5.52 Å². The molecule has 1 aromatic carbocycles. The van der Waals surface area contributed by atoms with Crippen molar-refractivity contribution in [2.24, 2.45) is 0 Å². The number of amides is 1. The van der Waals surface area contributed by atoms with Crippen molar-refractivity contribution in [1.82, 2.24) is 15.0 Å². The fraction of sp³-hybridized carbons (Fsp3) is 0.0769. The fourth-order valence-corrected chi connectivity index (χ4v) is 3.15. The van der Waals surface area contributed by atoms with Gasteiger partial charge in [-0.2, -0.15) is 0 Å². The van der Waals surface area contributed by atoms with Gasteiger partial charge in [-0.1, -0.05) is 40.8 Å². The van der Waals surface area contributed by atoms with Gasteiger partial charge in [-0.25, -0.2) is 15.0 Å². The van der Waals surface area contributed by atoms with Crippen LogP contribution in [0.2, 0.25) is 5.02 Å². The summed E-state index contributed by atoms with van der Waals surface area (Å²) in [5, 5.41) is 4.42. The van der Waals surface area contributed by atoms with Crippen LogP contribution in [0.3, 0.4) is 0 Å². The number of hydrogen-bond acceptors (Lipinski definition) is 6. The minimum absolute atomic E-state index is 0.294. The fourth-order valence-electron chi connectivity index (χ4n) is 1.68.